The van der Waals surface area contributed by atoms with Gasteiger partial charge in [0, 0.05) is 56.7 Å². The molecular formula is C31H39N5O2. The van der Waals surface area contributed by atoms with Crippen molar-refractivity contribution >= 4 is 5.91 Å². The number of benzene rings is 1. The molecule has 0 bridgehead atoms. The molecule has 3 aliphatic rings. The van der Waals surface area contributed by atoms with Gasteiger partial charge in [-0.25, -0.2) is 0 Å². The molecule has 0 atom stereocenters. The van der Waals surface area contributed by atoms with E-state index in [-0.39, 0.29) is 11.3 Å². The number of H-pyrrole nitrogens is 1. The summed E-state index contributed by atoms with van der Waals surface area (Å²) >= 11 is 0. The summed E-state index contributed by atoms with van der Waals surface area (Å²) in [6.45, 7) is 5.05. The average molecular weight is 514 g/mol. The maximum absolute atomic E-state index is 13.3. The lowest BCUT2D eigenvalue weighted by atomic mass is 9.73. The first-order valence-electron chi connectivity index (χ1n) is 14.3. The molecule has 7 heteroatoms. The van der Waals surface area contributed by atoms with E-state index in [1.165, 1.54) is 36.8 Å². The van der Waals surface area contributed by atoms with Crippen LogP contribution in [0.4, 0.5) is 0 Å². The summed E-state index contributed by atoms with van der Waals surface area (Å²) < 4.78 is 6.31. The molecule has 1 amide bonds. The molecule has 1 N–H and O–H groups in total. The number of carbonyl (C=O) groups is 1. The number of nitrogens with zero attached hydrogens (tertiary/aromatic N) is 4. The van der Waals surface area contributed by atoms with Crippen molar-refractivity contribution in [3.63, 3.8) is 0 Å². The molecule has 0 unspecified atom stereocenters. The number of ether oxygens (including phenoxy) is 1. The summed E-state index contributed by atoms with van der Waals surface area (Å²) in [7, 11) is 0. The molecule has 2 fully saturated rings. The van der Waals surface area contributed by atoms with Crippen molar-refractivity contribution in [1.29, 1.82) is 0 Å². The second-order valence-corrected chi connectivity index (χ2v) is 11.5. The Morgan fingerprint density at radius 2 is 1.84 bits per heavy atom. The van der Waals surface area contributed by atoms with Gasteiger partial charge in [0.05, 0.1) is 0 Å². The number of carbonyl (C=O) groups excluding carboxylic acids is 1. The van der Waals surface area contributed by atoms with Gasteiger partial charge in [-0.3, -0.25) is 19.8 Å². The van der Waals surface area contributed by atoms with Crippen LogP contribution in [0.25, 0.3) is 0 Å². The monoisotopic (exact) mass is 513 g/mol. The number of hydrogen-bond acceptors (Lipinski definition) is 5. The molecule has 2 aromatic heterocycles. The molecule has 38 heavy (non-hydrogen) atoms. The topological polar surface area (TPSA) is 74.3 Å². The van der Waals surface area contributed by atoms with Gasteiger partial charge in [-0.15, -0.1) is 0 Å². The number of hydrogen-bond donors (Lipinski definition) is 1. The van der Waals surface area contributed by atoms with Gasteiger partial charge in [0.1, 0.15) is 18.1 Å². The zero-order valence-corrected chi connectivity index (χ0v) is 22.3. The van der Waals surface area contributed by atoms with E-state index in [0.717, 1.165) is 69.9 Å². The fourth-order valence-electron chi connectivity index (χ4n) is 6.27. The van der Waals surface area contributed by atoms with Crippen LogP contribution in [0.3, 0.4) is 0 Å². The number of rotatable bonds is 4. The summed E-state index contributed by atoms with van der Waals surface area (Å²) in [5.41, 5.74) is 4.49. The van der Waals surface area contributed by atoms with Gasteiger partial charge in [-0.1, -0.05) is 24.6 Å². The summed E-state index contributed by atoms with van der Waals surface area (Å²) in [4.78, 5) is 22.1. The number of nitrogens with one attached hydrogen (secondary N) is 1. The maximum Gasteiger partial charge on any atom is 0.274 e. The van der Waals surface area contributed by atoms with Gasteiger partial charge >= 0.3 is 0 Å². The van der Waals surface area contributed by atoms with Crippen molar-refractivity contribution in [3.8, 4) is 5.75 Å². The summed E-state index contributed by atoms with van der Waals surface area (Å²) in [5.74, 6) is 1.68. The molecule has 2 aliphatic heterocycles. The lowest BCUT2D eigenvalue weighted by Crippen LogP contribution is -2.48. The Labute approximate surface area is 225 Å². The van der Waals surface area contributed by atoms with Gasteiger partial charge in [0.15, 0.2) is 0 Å². The van der Waals surface area contributed by atoms with Gasteiger partial charge in [-0.05, 0) is 85.8 Å². The highest BCUT2D eigenvalue weighted by atomic mass is 16.5. The first-order chi connectivity index (χ1) is 18.7. The molecule has 7 nitrogen and oxygen atoms in total. The second-order valence-electron chi connectivity index (χ2n) is 11.5. The average Bonchev–Trinajstić information content (AvgIpc) is 3.68. The molecule has 3 aromatic rings. The van der Waals surface area contributed by atoms with Crippen LogP contribution in [0.5, 0.6) is 5.75 Å². The molecule has 1 saturated carbocycles. The highest BCUT2D eigenvalue weighted by Gasteiger charge is 2.38. The predicted molar refractivity (Wildman–Crippen MR) is 147 cm³/mol. The molecule has 1 saturated heterocycles. The van der Waals surface area contributed by atoms with Crippen LogP contribution in [0, 0.1) is 5.41 Å². The number of aromatic amines is 1. The van der Waals surface area contributed by atoms with Gasteiger partial charge in [0.25, 0.3) is 5.91 Å². The Morgan fingerprint density at radius 3 is 2.66 bits per heavy atom. The Bertz CT molecular complexity index is 1210. The van der Waals surface area contributed by atoms with Gasteiger partial charge in [0.2, 0.25) is 0 Å². The van der Waals surface area contributed by atoms with Crippen LogP contribution >= 0.6 is 0 Å². The highest BCUT2D eigenvalue weighted by Crippen LogP contribution is 2.40. The van der Waals surface area contributed by atoms with E-state index in [1.807, 2.05) is 23.4 Å². The zero-order valence-electron chi connectivity index (χ0n) is 22.3. The van der Waals surface area contributed by atoms with Crippen molar-refractivity contribution < 1.29 is 9.53 Å². The van der Waals surface area contributed by atoms with Crippen LogP contribution in [-0.2, 0) is 13.0 Å². The van der Waals surface area contributed by atoms with E-state index in [4.69, 9.17) is 4.74 Å². The Hall–Kier alpha value is -3.19. The lowest BCUT2D eigenvalue weighted by molar-refractivity contribution is 0.0357. The van der Waals surface area contributed by atoms with Gasteiger partial charge < -0.3 is 9.64 Å². The van der Waals surface area contributed by atoms with E-state index < -0.39 is 0 Å². The third-order valence-corrected chi connectivity index (χ3v) is 8.70. The number of aromatic nitrogens is 3. The summed E-state index contributed by atoms with van der Waals surface area (Å²) in [5, 5.41) is 7.46. The zero-order chi connectivity index (χ0) is 25.8. The Balaban J connectivity index is 1.17. The van der Waals surface area contributed by atoms with Crippen molar-refractivity contribution in [2.24, 2.45) is 5.41 Å². The third-order valence-electron chi connectivity index (χ3n) is 8.70. The normalized spacial score (nSPS) is 20.7. The van der Waals surface area contributed by atoms with E-state index in [9.17, 15) is 4.79 Å². The summed E-state index contributed by atoms with van der Waals surface area (Å²) in [6, 6.07) is 14.7. The van der Waals surface area contributed by atoms with Crippen molar-refractivity contribution in [2.75, 3.05) is 32.8 Å². The molecule has 1 aromatic carbocycles. The number of likely N-dealkylation sites (tertiary alicyclic amines) is 1. The largest absolute Gasteiger partial charge is 0.492 e. The molecule has 200 valence electrons. The maximum atomic E-state index is 13.3. The fraction of sp³-hybridized carbons (Fsp3) is 0.516. The van der Waals surface area contributed by atoms with Crippen molar-refractivity contribution in [3.05, 3.63) is 77.4 Å². The first-order valence-corrected chi connectivity index (χ1v) is 14.3. The van der Waals surface area contributed by atoms with Crippen LogP contribution in [-0.4, -0.2) is 63.7 Å². The van der Waals surface area contributed by atoms with Crippen LogP contribution in [0.2, 0.25) is 0 Å². The second kappa shape index (κ2) is 11.3. The van der Waals surface area contributed by atoms with E-state index >= 15 is 0 Å². The quantitative estimate of drug-likeness (QED) is 0.518. The molecule has 4 heterocycles. The number of para-hydroxylation sites is 1. The minimum Gasteiger partial charge on any atom is -0.492 e. The van der Waals surface area contributed by atoms with Gasteiger partial charge in [-0.2, -0.15) is 5.10 Å². The minimum atomic E-state index is 0.0785. The smallest absolute Gasteiger partial charge is 0.274 e. The number of fused-ring (bicyclic) bond motifs is 1. The van der Waals surface area contributed by atoms with E-state index in [1.54, 1.807) is 0 Å². The number of piperidine rings is 1. The molecule has 0 radical (unpaired) electrons. The Morgan fingerprint density at radius 1 is 1.03 bits per heavy atom. The highest BCUT2D eigenvalue weighted by molar-refractivity contribution is 5.92. The molecule has 1 spiro atoms. The molecular weight excluding hydrogens is 474 g/mol. The van der Waals surface area contributed by atoms with Crippen molar-refractivity contribution in [2.45, 2.75) is 63.8 Å². The van der Waals surface area contributed by atoms with Crippen molar-refractivity contribution in [1.82, 2.24) is 25.0 Å². The molecule has 6 rings (SSSR count). The number of aryl methyl sites for hydroxylation is 1. The lowest BCUT2D eigenvalue weighted by Gasteiger charge is -2.45. The third kappa shape index (κ3) is 5.93. The summed E-state index contributed by atoms with van der Waals surface area (Å²) in [6.07, 6.45) is 12.8. The van der Waals surface area contributed by atoms with Crippen LogP contribution < -0.4 is 4.74 Å². The molecule has 1 aliphatic carbocycles. The van der Waals surface area contributed by atoms with Crippen LogP contribution in [0.1, 0.15) is 78.2 Å². The number of amides is 1. The number of pyridine rings is 1. The minimum absolute atomic E-state index is 0.0785. The van der Waals surface area contributed by atoms with E-state index in [2.05, 4.69) is 56.5 Å². The van der Waals surface area contributed by atoms with E-state index in [0.29, 0.717) is 18.2 Å². The predicted octanol–water partition coefficient (Wildman–Crippen LogP) is 5.21. The SMILES string of the molecule is O=C(c1cc(C2CC2)[nH]n1)N1CCC2(CCCCc3ccccc3OCCN(Cc3ccncc3)C2)CC1. The fourth-order valence-corrected chi connectivity index (χ4v) is 6.27. The Kier molecular flexibility index (Phi) is 7.45. The first kappa shape index (κ1) is 25.1. The van der Waals surface area contributed by atoms with Crippen LogP contribution in [0.15, 0.2) is 54.9 Å². The standard InChI is InChI=1S/C31H39N5O2/c37-30(28-21-27(33-34-28)25-8-9-25)36-17-13-31(14-18-36)12-4-3-6-26-5-1-2-7-29(26)38-20-19-35(23-31)22-24-10-15-32-16-11-24/h1-2,5,7,10-11,15-16,21,25H,3-4,6,8-9,12-14,17-20,22-23H2,(H,33,34).